The van der Waals surface area contributed by atoms with E-state index in [0.717, 1.165) is 22.6 Å². The summed E-state index contributed by atoms with van der Waals surface area (Å²) in [5.74, 6) is 0.564. The van der Waals surface area contributed by atoms with Crippen LogP contribution in [0.1, 0.15) is 48.7 Å². The number of hydrogen-bond acceptors (Lipinski definition) is 4. The summed E-state index contributed by atoms with van der Waals surface area (Å²) in [5, 5.41) is 2.77. The Hall–Kier alpha value is -2.73. The van der Waals surface area contributed by atoms with E-state index < -0.39 is 0 Å². The SMILES string of the molecule is CCC(COc1ccc(F)c(C)c1)CN(C(=O)c1cc(C)ccc1-c1nccs1)C(C)C. The Morgan fingerprint density at radius 3 is 2.59 bits per heavy atom. The zero-order chi connectivity index (χ0) is 23.3. The number of ether oxygens (including phenoxy) is 1. The molecule has 0 aliphatic heterocycles. The van der Waals surface area contributed by atoms with Crippen LogP contribution in [0.4, 0.5) is 4.39 Å². The van der Waals surface area contributed by atoms with Crippen LogP contribution in [0, 0.1) is 25.6 Å². The van der Waals surface area contributed by atoms with Crippen LogP contribution in [0.25, 0.3) is 10.6 Å². The van der Waals surface area contributed by atoms with Crippen LogP contribution in [0.5, 0.6) is 5.75 Å². The molecule has 0 spiro atoms. The van der Waals surface area contributed by atoms with Crippen molar-refractivity contribution in [1.82, 2.24) is 9.88 Å². The maximum absolute atomic E-state index is 13.7. The molecule has 0 fully saturated rings. The summed E-state index contributed by atoms with van der Waals surface area (Å²) in [6, 6.07) is 10.8. The van der Waals surface area contributed by atoms with Crippen molar-refractivity contribution < 1.29 is 13.9 Å². The molecule has 0 saturated carbocycles. The van der Waals surface area contributed by atoms with Gasteiger partial charge in [-0.2, -0.15) is 0 Å². The van der Waals surface area contributed by atoms with Gasteiger partial charge in [-0.05, 0) is 63.9 Å². The quantitative estimate of drug-likeness (QED) is 0.369. The molecule has 1 aromatic heterocycles. The number of benzene rings is 2. The fourth-order valence-corrected chi connectivity index (χ4v) is 4.24. The lowest BCUT2D eigenvalue weighted by atomic mass is 10.0. The van der Waals surface area contributed by atoms with Gasteiger partial charge in [-0.3, -0.25) is 4.79 Å². The molecule has 32 heavy (non-hydrogen) atoms. The molecule has 0 saturated heterocycles. The lowest BCUT2D eigenvalue weighted by molar-refractivity contribution is 0.0645. The van der Waals surface area contributed by atoms with Crippen molar-refractivity contribution in [2.45, 2.75) is 47.1 Å². The maximum atomic E-state index is 13.7. The van der Waals surface area contributed by atoms with Gasteiger partial charge in [0.25, 0.3) is 5.91 Å². The minimum atomic E-state index is -0.241. The van der Waals surface area contributed by atoms with Crippen LogP contribution >= 0.6 is 11.3 Å². The predicted molar refractivity (Wildman–Crippen MR) is 129 cm³/mol. The number of carbonyl (C=O) groups excluding carboxylic acids is 1. The molecule has 1 atom stereocenters. The molecule has 0 bridgehead atoms. The van der Waals surface area contributed by atoms with Crippen molar-refractivity contribution in [3.8, 4) is 16.3 Å². The third-order valence-corrected chi connectivity index (χ3v) is 6.41. The first-order valence-electron chi connectivity index (χ1n) is 11.0. The van der Waals surface area contributed by atoms with Crippen LogP contribution in [0.3, 0.4) is 0 Å². The number of carbonyl (C=O) groups is 1. The van der Waals surface area contributed by atoms with E-state index in [2.05, 4.69) is 11.9 Å². The summed E-state index contributed by atoms with van der Waals surface area (Å²) in [7, 11) is 0. The highest BCUT2D eigenvalue weighted by Gasteiger charge is 2.25. The van der Waals surface area contributed by atoms with E-state index in [1.807, 2.05) is 49.3 Å². The highest BCUT2D eigenvalue weighted by atomic mass is 32.1. The number of halogens is 1. The molecule has 4 nitrogen and oxygen atoms in total. The topological polar surface area (TPSA) is 42.4 Å². The average molecular weight is 455 g/mol. The van der Waals surface area contributed by atoms with Crippen LogP contribution in [0.2, 0.25) is 0 Å². The van der Waals surface area contributed by atoms with Gasteiger partial charge in [0.15, 0.2) is 0 Å². The van der Waals surface area contributed by atoms with Gasteiger partial charge in [0, 0.05) is 35.6 Å². The standard InChI is InChI=1S/C26H31FN2O2S/c1-6-20(16-31-21-8-10-24(27)19(5)14-21)15-29(17(2)3)26(30)23-13-18(4)7-9-22(23)25-28-11-12-32-25/h7-14,17,20H,6,15-16H2,1-5H3. The van der Waals surface area contributed by atoms with E-state index in [0.29, 0.717) is 30.0 Å². The first-order chi connectivity index (χ1) is 15.3. The summed E-state index contributed by atoms with van der Waals surface area (Å²) in [6.45, 7) is 10.9. The summed E-state index contributed by atoms with van der Waals surface area (Å²) in [4.78, 5) is 20.0. The van der Waals surface area contributed by atoms with Crippen molar-refractivity contribution in [2.75, 3.05) is 13.2 Å². The second kappa shape index (κ2) is 10.7. The van der Waals surface area contributed by atoms with Gasteiger partial charge in [-0.15, -0.1) is 11.3 Å². The molecule has 170 valence electrons. The highest BCUT2D eigenvalue weighted by molar-refractivity contribution is 7.13. The Morgan fingerprint density at radius 1 is 1.19 bits per heavy atom. The second-order valence-electron chi connectivity index (χ2n) is 8.43. The number of aromatic nitrogens is 1. The molecule has 0 N–H and O–H groups in total. The Kier molecular flexibility index (Phi) is 8.02. The number of amides is 1. The molecule has 0 radical (unpaired) electrons. The number of rotatable bonds is 9. The highest BCUT2D eigenvalue weighted by Crippen LogP contribution is 2.28. The fraction of sp³-hybridized carbons (Fsp3) is 0.385. The zero-order valence-corrected chi connectivity index (χ0v) is 20.2. The van der Waals surface area contributed by atoms with E-state index in [4.69, 9.17) is 4.74 Å². The third-order valence-electron chi connectivity index (χ3n) is 5.60. The van der Waals surface area contributed by atoms with E-state index in [-0.39, 0.29) is 23.7 Å². The van der Waals surface area contributed by atoms with E-state index in [1.165, 1.54) is 17.4 Å². The molecule has 3 aromatic rings. The number of nitrogens with zero attached hydrogens (tertiary/aromatic N) is 2. The molecule has 1 heterocycles. The lowest BCUT2D eigenvalue weighted by Crippen LogP contribution is -2.41. The first-order valence-corrected chi connectivity index (χ1v) is 11.9. The molecule has 3 rings (SSSR count). The van der Waals surface area contributed by atoms with Crippen LogP contribution in [-0.2, 0) is 0 Å². The van der Waals surface area contributed by atoms with Gasteiger partial charge < -0.3 is 9.64 Å². The van der Waals surface area contributed by atoms with Gasteiger partial charge in [0.2, 0.25) is 0 Å². The first kappa shape index (κ1) is 23.9. The second-order valence-corrected chi connectivity index (χ2v) is 9.33. The monoisotopic (exact) mass is 454 g/mol. The van der Waals surface area contributed by atoms with E-state index >= 15 is 0 Å². The van der Waals surface area contributed by atoms with Crippen LogP contribution in [0.15, 0.2) is 48.0 Å². The molecule has 2 aromatic carbocycles. The number of aryl methyl sites for hydroxylation is 2. The Bertz CT molecular complexity index is 1050. The summed E-state index contributed by atoms with van der Waals surface area (Å²) < 4.78 is 19.5. The van der Waals surface area contributed by atoms with Crippen molar-refractivity contribution in [3.05, 3.63) is 70.5 Å². The average Bonchev–Trinajstić information content (AvgIpc) is 3.30. The van der Waals surface area contributed by atoms with Crippen LogP contribution < -0.4 is 4.74 Å². The summed E-state index contributed by atoms with van der Waals surface area (Å²) >= 11 is 1.53. The molecule has 1 unspecified atom stereocenters. The zero-order valence-electron chi connectivity index (χ0n) is 19.4. The van der Waals surface area contributed by atoms with Crippen molar-refractivity contribution in [3.63, 3.8) is 0 Å². The lowest BCUT2D eigenvalue weighted by Gasteiger charge is -2.31. The molecular weight excluding hydrogens is 423 g/mol. The molecule has 6 heteroatoms. The molecular formula is C26H31FN2O2S. The van der Waals surface area contributed by atoms with Crippen molar-refractivity contribution in [2.24, 2.45) is 5.92 Å². The van der Waals surface area contributed by atoms with Crippen molar-refractivity contribution >= 4 is 17.2 Å². The molecule has 1 amide bonds. The van der Waals surface area contributed by atoms with Gasteiger partial charge in [0.05, 0.1) is 12.2 Å². The largest absolute Gasteiger partial charge is 0.493 e. The van der Waals surface area contributed by atoms with Crippen LogP contribution in [-0.4, -0.2) is 35.0 Å². The van der Waals surface area contributed by atoms with E-state index in [9.17, 15) is 9.18 Å². The Labute approximate surface area is 194 Å². The van der Waals surface area contributed by atoms with Gasteiger partial charge >= 0.3 is 0 Å². The molecule has 0 aliphatic rings. The Balaban J connectivity index is 1.79. The number of hydrogen-bond donors (Lipinski definition) is 0. The summed E-state index contributed by atoms with van der Waals surface area (Å²) in [5.41, 5.74) is 3.15. The van der Waals surface area contributed by atoms with Crippen molar-refractivity contribution in [1.29, 1.82) is 0 Å². The smallest absolute Gasteiger partial charge is 0.254 e. The van der Waals surface area contributed by atoms with Gasteiger partial charge in [-0.25, -0.2) is 9.37 Å². The van der Waals surface area contributed by atoms with E-state index in [1.54, 1.807) is 25.3 Å². The molecule has 0 aliphatic carbocycles. The maximum Gasteiger partial charge on any atom is 0.254 e. The van der Waals surface area contributed by atoms with Gasteiger partial charge in [-0.1, -0.05) is 24.6 Å². The minimum absolute atomic E-state index is 0.00461. The fourth-order valence-electron chi connectivity index (χ4n) is 3.56. The normalized spacial score (nSPS) is 12.1. The van der Waals surface area contributed by atoms with Gasteiger partial charge in [0.1, 0.15) is 16.6 Å². The number of thiazole rings is 1. The predicted octanol–water partition coefficient (Wildman–Crippen LogP) is 6.52. The minimum Gasteiger partial charge on any atom is -0.493 e. The summed E-state index contributed by atoms with van der Waals surface area (Å²) in [6.07, 6.45) is 2.62. The third kappa shape index (κ3) is 5.74. The Morgan fingerprint density at radius 2 is 1.97 bits per heavy atom.